The lowest BCUT2D eigenvalue weighted by molar-refractivity contribution is 0.271. The fourth-order valence-electron chi connectivity index (χ4n) is 1.66. The second-order valence-electron chi connectivity index (χ2n) is 3.22. The van der Waals surface area contributed by atoms with Crippen LogP contribution in [0.2, 0.25) is 0 Å². The zero-order valence-corrected chi connectivity index (χ0v) is 9.84. The highest BCUT2D eigenvalue weighted by Crippen LogP contribution is 2.01. The van der Waals surface area contributed by atoms with Crippen LogP contribution in [0.1, 0.15) is 34.1 Å². The molecule has 1 aliphatic rings. The summed E-state index contributed by atoms with van der Waals surface area (Å²) in [6.45, 7) is 16.1. The van der Waals surface area contributed by atoms with Gasteiger partial charge in [0, 0.05) is 13.1 Å². The van der Waals surface area contributed by atoms with Crippen LogP contribution < -0.4 is 0 Å². The Kier molecular flexibility index (Phi) is 8.46. The molecule has 0 spiro atoms. The number of nitrogens with zero attached hydrogens (tertiary/aromatic N) is 2. The minimum absolute atomic E-state index is 1.22. The summed E-state index contributed by atoms with van der Waals surface area (Å²) >= 11 is 0. The summed E-state index contributed by atoms with van der Waals surface area (Å²) < 4.78 is 0. The highest BCUT2D eigenvalue weighted by Gasteiger charge is 2.10. The van der Waals surface area contributed by atoms with Gasteiger partial charge in [0.15, 0.2) is 0 Å². The molecule has 1 aliphatic heterocycles. The normalized spacial score (nSPS) is 20.3. The largest absolute Gasteiger partial charge is 0.302 e. The molecule has 2 heteroatoms. The van der Waals surface area contributed by atoms with Gasteiger partial charge in [0.05, 0.1) is 0 Å². The van der Waals surface area contributed by atoms with E-state index in [0.29, 0.717) is 0 Å². The first-order chi connectivity index (χ1) is 6.36. The van der Waals surface area contributed by atoms with Crippen molar-refractivity contribution >= 4 is 0 Å². The van der Waals surface area contributed by atoms with Crippen LogP contribution in [-0.2, 0) is 0 Å². The summed E-state index contributed by atoms with van der Waals surface area (Å²) in [4.78, 5) is 5.07. The Balaban J connectivity index is 0.000000671. The van der Waals surface area contributed by atoms with Gasteiger partial charge in [-0.05, 0) is 32.6 Å². The van der Waals surface area contributed by atoms with Gasteiger partial charge in [-0.15, -0.1) is 0 Å². The third kappa shape index (κ3) is 5.27. The minimum Gasteiger partial charge on any atom is -0.302 e. The van der Waals surface area contributed by atoms with E-state index < -0.39 is 0 Å². The summed E-state index contributed by atoms with van der Waals surface area (Å²) in [6.07, 6.45) is 1.35. The Hall–Kier alpha value is -0.0800. The van der Waals surface area contributed by atoms with Gasteiger partial charge < -0.3 is 9.80 Å². The van der Waals surface area contributed by atoms with Crippen LogP contribution >= 0.6 is 0 Å². The fraction of sp³-hybridized carbons (Fsp3) is 1.00. The molecule has 0 unspecified atom stereocenters. The maximum Gasteiger partial charge on any atom is 0.0109 e. The molecule has 1 heterocycles. The van der Waals surface area contributed by atoms with Gasteiger partial charge in [0.25, 0.3) is 0 Å². The number of rotatable bonds is 2. The Labute approximate surface area is 83.9 Å². The monoisotopic (exact) mass is 186 g/mol. The van der Waals surface area contributed by atoms with Crippen LogP contribution in [0.4, 0.5) is 0 Å². The van der Waals surface area contributed by atoms with Gasteiger partial charge in [-0.2, -0.15) is 0 Å². The Morgan fingerprint density at radius 1 is 0.769 bits per heavy atom. The van der Waals surface area contributed by atoms with Gasteiger partial charge in [0.1, 0.15) is 0 Å². The maximum atomic E-state index is 2.54. The molecule has 0 amide bonds. The molecule has 0 bridgehead atoms. The number of hydrogen-bond acceptors (Lipinski definition) is 2. The van der Waals surface area contributed by atoms with Crippen molar-refractivity contribution in [2.75, 3.05) is 39.3 Å². The van der Waals surface area contributed by atoms with Crippen molar-refractivity contribution < 1.29 is 0 Å². The van der Waals surface area contributed by atoms with E-state index in [1.54, 1.807) is 0 Å². The van der Waals surface area contributed by atoms with Crippen molar-refractivity contribution in [3.05, 3.63) is 0 Å². The third-order valence-corrected chi connectivity index (χ3v) is 2.58. The topological polar surface area (TPSA) is 6.48 Å². The zero-order valence-electron chi connectivity index (χ0n) is 9.84. The first-order valence-electron chi connectivity index (χ1n) is 5.81. The molecule has 0 aliphatic carbocycles. The molecular formula is C11H26N2. The van der Waals surface area contributed by atoms with E-state index in [4.69, 9.17) is 0 Å². The Bertz CT molecular complexity index is 92.3. The molecule has 0 aromatic carbocycles. The van der Waals surface area contributed by atoms with Crippen molar-refractivity contribution in [1.82, 2.24) is 9.80 Å². The highest BCUT2D eigenvalue weighted by molar-refractivity contribution is 4.67. The average Bonchev–Trinajstić information content (AvgIpc) is 2.45. The first-order valence-corrected chi connectivity index (χ1v) is 5.81. The van der Waals surface area contributed by atoms with E-state index in [1.165, 1.54) is 45.7 Å². The van der Waals surface area contributed by atoms with Gasteiger partial charge >= 0.3 is 0 Å². The van der Waals surface area contributed by atoms with Crippen LogP contribution in [0.15, 0.2) is 0 Å². The quantitative estimate of drug-likeness (QED) is 0.651. The smallest absolute Gasteiger partial charge is 0.0109 e. The lowest BCUT2D eigenvalue weighted by atomic mass is 10.4. The number of likely N-dealkylation sites (N-methyl/N-ethyl adjacent to an activating group) is 2. The van der Waals surface area contributed by atoms with E-state index in [-0.39, 0.29) is 0 Å². The summed E-state index contributed by atoms with van der Waals surface area (Å²) in [6, 6.07) is 0. The van der Waals surface area contributed by atoms with E-state index in [0.717, 1.165) is 0 Å². The molecule has 0 N–H and O–H groups in total. The van der Waals surface area contributed by atoms with Crippen molar-refractivity contribution in [1.29, 1.82) is 0 Å². The molecule has 1 fully saturated rings. The van der Waals surface area contributed by atoms with Crippen LogP contribution in [0, 0.1) is 0 Å². The molecule has 0 aromatic heterocycles. The van der Waals surface area contributed by atoms with Crippen molar-refractivity contribution in [2.24, 2.45) is 0 Å². The molecule has 0 atom stereocenters. The predicted octanol–water partition coefficient (Wildman–Crippen LogP) is 2.06. The van der Waals surface area contributed by atoms with Gasteiger partial charge in [-0.3, -0.25) is 0 Å². The minimum atomic E-state index is 1.22. The third-order valence-electron chi connectivity index (χ3n) is 2.58. The molecule has 0 saturated carbocycles. The molecule has 2 nitrogen and oxygen atoms in total. The van der Waals surface area contributed by atoms with E-state index in [1.807, 2.05) is 13.8 Å². The molecule has 1 rings (SSSR count). The standard InChI is InChI=1S/C9H20N2.C2H6/c1-3-10-6-5-7-11(4-2)9-8-10;1-2/h3-9H2,1-2H3;1-2H3. The molecule has 80 valence electrons. The first kappa shape index (κ1) is 12.9. The van der Waals surface area contributed by atoms with E-state index in [9.17, 15) is 0 Å². The van der Waals surface area contributed by atoms with Gasteiger partial charge in [-0.1, -0.05) is 27.7 Å². The molecule has 13 heavy (non-hydrogen) atoms. The molecular weight excluding hydrogens is 160 g/mol. The summed E-state index contributed by atoms with van der Waals surface area (Å²) in [5, 5.41) is 0. The average molecular weight is 186 g/mol. The Morgan fingerprint density at radius 2 is 1.15 bits per heavy atom. The summed E-state index contributed by atoms with van der Waals surface area (Å²) in [5.41, 5.74) is 0. The predicted molar refractivity (Wildman–Crippen MR) is 60.2 cm³/mol. The lowest BCUT2D eigenvalue weighted by Crippen LogP contribution is -2.30. The summed E-state index contributed by atoms with van der Waals surface area (Å²) in [7, 11) is 0. The highest BCUT2D eigenvalue weighted by atomic mass is 15.2. The second kappa shape index (κ2) is 8.52. The van der Waals surface area contributed by atoms with Gasteiger partial charge in [-0.25, -0.2) is 0 Å². The van der Waals surface area contributed by atoms with Crippen LogP contribution in [0.5, 0.6) is 0 Å². The SMILES string of the molecule is CC.CCN1CCCN(CC)CC1. The number of hydrogen-bond donors (Lipinski definition) is 0. The van der Waals surface area contributed by atoms with E-state index >= 15 is 0 Å². The summed E-state index contributed by atoms with van der Waals surface area (Å²) in [5.74, 6) is 0. The maximum absolute atomic E-state index is 2.54. The second-order valence-corrected chi connectivity index (χ2v) is 3.22. The van der Waals surface area contributed by atoms with Crippen molar-refractivity contribution in [2.45, 2.75) is 34.1 Å². The van der Waals surface area contributed by atoms with Crippen molar-refractivity contribution in [3.63, 3.8) is 0 Å². The lowest BCUT2D eigenvalue weighted by Gasteiger charge is -2.18. The van der Waals surface area contributed by atoms with Crippen LogP contribution in [-0.4, -0.2) is 49.1 Å². The zero-order chi connectivity index (χ0) is 10.1. The molecule has 0 aromatic rings. The Morgan fingerprint density at radius 3 is 1.46 bits per heavy atom. The fourth-order valence-corrected chi connectivity index (χ4v) is 1.66. The van der Waals surface area contributed by atoms with Crippen LogP contribution in [0.3, 0.4) is 0 Å². The molecule has 1 saturated heterocycles. The van der Waals surface area contributed by atoms with Gasteiger partial charge in [0.2, 0.25) is 0 Å². The van der Waals surface area contributed by atoms with Crippen molar-refractivity contribution in [3.8, 4) is 0 Å². The molecule has 0 radical (unpaired) electrons. The van der Waals surface area contributed by atoms with E-state index in [2.05, 4.69) is 23.6 Å². The van der Waals surface area contributed by atoms with Crippen LogP contribution in [0.25, 0.3) is 0 Å².